The Labute approximate surface area is 424 Å². The van der Waals surface area contributed by atoms with Crippen molar-refractivity contribution in [1.29, 1.82) is 0 Å². The first kappa shape index (κ1) is 58.3. The van der Waals surface area contributed by atoms with Crippen LogP contribution in [-0.2, 0) is 13.9 Å². The Morgan fingerprint density at radius 3 is 1.66 bits per heavy atom. The van der Waals surface area contributed by atoms with E-state index in [4.69, 9.17) is 32.8 Å². The molecule has 4 amide bonds. The number of hydrogen-bond donors (Lipinski definition) is 3. The molecular weight excluding hydrogens is 941 g/mol. The van der Waals surface area contributed by atoms with Crippen LogP contribution in [0.5, 0.6) is 23.0 Å². The molecule has 2 heterocycles. The van der Waals surface area contributed by atoms with Crippen molar-refractivity contribution in [2.45, 2.75) is 141 Å². The van der Waals surface area contributed by atoms with Gasteiger partial charge in [-0.2, -0.15) is 0 Å². The fourth-order valence-corrected chi connectivity index (χ4v) is 9.69. The van der Waals surface area contributed by atoms with Crippen molar-refractivity contribution in [3.8, 4) is 23.0 Å². The van der Waals surface area contributed by atoms with Crippen LogP contribution < -0.4 is 29.6 Å². The third-order valence-corrected chi connectivity index (χ3v) is 22.1. The number of benzene rings is 2. The predicted octanol–water partition coefficient (Wildman–Crippen LogP) is 11.3. The van der Waals surface area contributed by atoms with Gasteiger partial charge in [-0.1, -0.05) is 78.5 Å². The first-order valence-electron chi connectivity index (χ1n) is 24.8. The fourth-order valence-electron chi connectivity index (χ4n) is 7.89. The number of methoxy groups -OCH3 is 2. The average Bonchev–Trinajstić information content (AvgIpc) is 3.88. The summed E-state index contributed by atoms with van der Waals surface area (Å²) in [5.41, 5.74) is 2.70. The zero-order valence-corrected chi connectivity index (χ0v) is 46.6. The second-order valence-corrected chi connectivity index (χ2v) is 30.5. The lowest BCUT2D eigenvalue weighted by molar-refractivity contribution is 0.0685. The van der Waals surface area contributed by atoms with E-state index in [1.165, 1.54) is 20.3 Å². The number of nitrogens with zero attached hydrogens (tertiary/aromatic N) is 2. The van der Waals surface area contributed by atoms with E-state index in [1.807, 2.05) is 20.0 Å². The number of carbonyl (C=O) groups is 4. The van der Waals surface area contributed by atoms with Crippen LogP contribution in [0.3, 0.4) is 0 Å². The van der Waals surface area contributed by atoms with Gasteiger partial charge in [0.2, 0.25) is 0 Å². The molecule has 2 atom stereocenters. The highest BCUT2D eigenvalue weighted by atomic mass is 28.4. The highest BCUT2D eigenvalue weighted by molar-refractivity contribution is 6.74. The number of carbonyl (C=O) groups excluding carboxylic acids is 4. The minimum Gasteiger partial charge on any atom is -0.493 e. The van der Waals surface area contributed by atoms with E-state index in [2.05, 4.69) is 78.1 Å². The van der Waals surface area contributed by atoms with Gasteiger partial charge in [-0.05, 0) is 99.8 Å². The van der Waals surface area contributed by atoms with Gasteiger partial charge in [-0.3, -0.25) is 20.2 Å². The number of amides is 4. The Kier molecular flexibility index (Phi) is 20.8. The molecule has 2 aliphatic heterocycles. The molecule has 0 bridgehead atoms. The summed E-state index contributed by atoms with van der Waals surface area (Å²) >= 11 is 0. The maximum atomic E-state index is 14.4. The SMILES string of the molecule is C=CCOC(=O)Nc1cc(OCCCCCOc2cc(NC(=O)OCCC)c(C(=O)N3CC(=C)C[C@H]3CCC(C)(C)[Si](C)(C)O)cc2OC)c(OC)cc1C(=O)N1CC(=C)C[C@H]1CO[Si](C)(C)C(C)(C)C. The van der Waals surface area contributed by atoms with Crippen molar-refractivity contribution in [3.63, 3.8) is 0 Å². The molecule has 2 aromatic rings. The summed E-state index contributed by atoms with van der Waals surface area (Å²) in [7, 11) is -1.61. The zero-order chi connectivity index (χ0) is 52.9. The monoisotopic (exact) mass is 1020 g/mol. The van der Waals surface area contributed by atoms with Crippen LogP contribution in [0.1, 0.15) is 114 Å². The Balaban J connectivity index is 1.47. The van der Waals surface area contributed by atoms with Crippen molar-refractivity contribution in [2.75, 3.05) is 71.0 Å². The highest BCUT2D eigenvalue weighted by Gasteiger charge is 2.42. The molecule has 0 aromatic heterocycles. The van der Waals surface area contributed by atoms with Crippen LogP contribution in [0, 0.1) is 0 Å². The van der Waals surface area contributed by atoms with E-state index < -0.39 is 28.8 Å². The van der Waals surface area contributed by atoms with E-state index >= 15 is 0 Å². The zero-order valence-electron chi connectivity index (χ0n) is 44.6. The van der Waals surface area contributed by atoms with Crippen molar-refractivity contribution in [1.82, 2.24) is 9.80 Å². The summed E-state index contributed by atoms with van der Waals surface area (Å²) in [5, 5.41) is 5.22. The van der Waals surface area contributed by atoms with Crippen molar-refractivity contribution in [3.05, 3.63) is 72.4 Å². The Morgan fingerprint density at radius 1 is 0.732 bits per heavy atom. The third kappa shape index (κ3) is 15.8. The third-order valence-electron chi connectivity index (χ3n) is 14.1. The molecule has 4 rings (SSSR count). The minimum atomic E-state index is -2.47. The first-order valence-corrected chi connectivity index (χ1v) is 30.6. The lowest BCUT2D eigenvalue weighted by atomic mass is 9.99. The molecule has 16 nitrogen and oxygen atoms in total. The maximum absolute atomic E-state index is 14.4. The van der Waals surface area contributed by atoms with Gasteiger partial charge < -0.3 is 47.4 Å². The standard InChI is InChI=1S/C53H82N4O12Si2/c1-16-23-67-50(60)54-42-31-46(44(63-10)29-40(42)48(58)56-33-36(3)27-38(56)21-22-53(8,9)70(12,13)62)65-25-19-18-20-26-66-47-32-43(55-51(61)68-24-17-2)41(30-45(47)64-11)49(59)57-34-37(4)28-39(57)35-69-71(14,15)52(5,6)7/h17,29-32,38-39,62H,2-4,16,18-28,33-35H2,1,5-15H3,(H,54,60)(H,55,61)/t38-,39+/m1/s1. The molecule has 2 aliphatic rings. The normalized spacial score (nSPS) is 16.4. The van der Waals surface area contributed by atoms with Gasteiger partial charge in [0, 0.05) is 31.3 Å². The van der Waals surface area contributed by atoms with Gasteiger partial charge in [0.05, 0.1) is 69.2 Å². The minimum absolute atomic E-state index is 0.00706. The van der Waals surface area contributed by atoms with E-state index in [0.29, 0.717) is 87.6 Å². The van der Waals surface area contributed by atoms with Gasteiger partial charge in [0.25, 0.3) is 11.8 Å². The second-order valence-electron chi connectivity index (χ2n) is 21.3. The first-order chi connectivity index (χ1) is 33.3. The molecule has 0 radical (unpaired) electrons. The van der Waals surface area contributed by atoms with Gasteiger partial charge in [-0.25, -0.2) is 9.59 Å². The molecule has 394 valence electrons. The van der Waals surface area contributed by atoms with Gasteiger partial charge in [-0.15, -0.1) is 0 Å². The smallest absolute Gasteiger partial charge is 0.411 e. The van der Waals surface area contributed by atoms with Crippen LogP contribution >= 0.6 is 0 Å². The molecule has 71 heavy (non-hydrogen) atoms. The molecule has 2 saturated heterocycles. The molecule has 18 heteroatoms. The molecular formula is C53H82N4O12Si2. The number of nitrogens with one attached hydrogen (secondary N) is 2. The highest BCUT2D eigenvalue weighted by Crippen LogP contribution is 2.43. The summed E-state index contributed by atoms with van der Waals surface area (Å²) in [5.74, 6) is 0.690. The number of likely N-dealkylation sites (tertiary alicyclic amines) is 2. The van der Waals surface area contributed by atoms with Crippen LogP contribution in [0.2, 0.25) is 36.3 Å². The van der Waals surface area contributed by atoms with E-state index in [9.17, 15) is 24.0 Å². The predicted molar refractivity (Wildman–Crippen MR) is 285 cm³/mol. The average molecular weight is 1020 g/mol. The molecule has 2 fully saturated rings. The van der Waals surface area contributed by atoms with Crippen LogP contribution in [-0.4, -0.2) is 128 Å². The van der Waals surface area contributed by atoms with Crippen LogP contribution in [0.4, 0.5) is 21.0 Å². The van der Waals surface area contributed by atoms with E-state index in [-0.39, 0.29) is 82.9 Å². The van der Waals surface area contributed by atoms with E-state index in [1.54, 1.807) is 34.1 Å². The largest absolute Gasteiger partial charge is 0.493 e. The van der Waals surface area contributed by atoms with Crippen molar-refractivity contribution in [2.24, 2.45) is 0 Å². The lowest BCUT2D eigenvalue weighted by Gasteiger charge is -2.38. The Morgan fingerprint density at radius 2 is 1.21 bits per heavy atom. The molecule has 3 N–H and O–H groups in total. The van der Waals surface area contributed by atoms with Crippen LogP contribution in [0.25, 0.3) is 0 Å². The number of rotatable bonds is 25. The lowest BCUT2D eigenvalue weighted by Crippen LogP contribution is -2.46. The van der Waals surface area contributed by atoms with Crippen molar-refractivity contribution >= 4 is 52.0 Å². The number of unbranched alkanes of at least 4 members (excludes halogenated alkanes) is 2. The molecule has 2 aromatic carbocycles. The van der Waals surface area contributed by atoms with Gasteiger partial charge in [0.1, 0.15) is 6.61 Å². The molecule has 0 spiro atoms. The van der Waals surface area contributed by atoms with Gasteiger partial charge in [0.15, 0.2) is 39.6 Å². The van der Waals surface area contributed by atoms with Crippen LogP contribution in [0.15, 0.2) is 61.2 Å². The summed E-state index contributed by atoms with van der Waals surface area (Å²) in [4.78, 5) is 69.1. The Hall–Kier alpha value is -5.31. The number of ether oxygens (including phenoxy) is 6. The van der Waals surface area contributed by atoms with Gasteiger partial charge >= 0.3 is 12.2 Å². The number of anilines is 2. The topological polar surface area (TPSA) is 184 Å². The summed E-state index contributed by atoms with van der Waals surface area (Å²) in [6.07, 6.45) is 5.22. The van der Waals surface area contributed by atoms with Crippen molar-refractivity contribution < 1.29 is 56.8 Å². The van der Waals surface area contributed by atoms with E-state index in [0.717, 1.165) is 17.6 Å². The summed E-state index contributed by atoms with van der Waals surface area (Å²) < 4.78 is 41.0. The fraction of sp³-hybridized carbons (Fsp3) is 0.585. The molecule has 0 saturated carbocycles. The maximum Gasteiger partial charge on any atom is 0.411 e. The molecule has 0 unspecified atom stereocenters. The summed E-state index contributed by atoms with van der Waals surface area (Å²) in [6, 6.07) is 5.96. The number of hydrogen-bond acceptors (Lipinski definition) is 12. The summed E-state index contributed by atoms with van der Waals surface area (Å²) in [6.45, 7) is 34.6. The molecule has 0 aliphatic carbocycles. The quantitative estimate of drug-likeness (QED) is 0.0487. The second kappa shape index (κ2) is 25.4. The Bertz CT molecular complexity index is 2230.